The van der Waals surface area contributed by atoms with Gasteiger partial charge < -0.3 is 20.9 Å². The smallest absolute Gasteiger partial charge is 0.0420 e. The summed E-state index contributed by atoms with van der Waals surface area (Å²) in [5.74, 6) is 2.60. The van der Waals surface area contributed by atoms with Crippen molar-refractivity contribution >= 4 is 11.4 Å². The molecule has 4 heteroatoms. The first-order valence-corrected chi connectivity index (χ1v) is 11.1. The minimum atomic E-state index is 0.852. The van der Waals surface area contributed by atoms with Crippen LogP contribution in [0.2, 0.25) is 0 Å². The van der Waals surface area contributed by atoms with E-state index in [0.29, 0.717) is 0 Å². The van der Waals surface area contributed by atoms with Gasteiger partial charge in [0, 0.05) is 50.6 Å². The zero-order valence-corrected chi connectivity index (χ0v) is 17.7. The minimum Gasteiger partial charge on any atom is -0.399 e. The van der Waals surface area contributed by atoms with E-state index in [1.807, 2.05) is 6.07 Å². The van der Waals surface area contributed by atoms with E-state index >= 15 is 0 Å². The van der Waals surface area contributed by atoms with Gasteiger partial charge in [0.05, 0.1) is 0 Å². The van der Waals surface area contributed by atoms with Crippen LogP contribution in [-0.2, 0) is 6.42 Å². The Morgan fingerprint density at radius 1 is 1.19 bits per heavy atom. The third-order valence-electron chi connectivity index (χ3n) is 7.09. The van der Waals surface area contributed by atoms with Crippen molar-refractivity contribution in [2.24, 2.45) is 17.8 Å². The Balaban J connectivity index is 1.34. The second-order valence-corrected chi connectivity index (χ2v) is 8.82. The molecular formula is C23H40N4. The Morgan fingerprint density at radius 3 is 2.81 bits per heavy atom. The molecule has 0 bridgehead atoms. The zero-order chi connectivity index (χ0) is 19.2. The Labute approximate surface area is 166 Å². The van der Waals surface area contributed by atoms with Gasteiger partial charge >= 0.3 is 0 Å². The third kappa shape index (κ3) is 5.39. The molecule has 1 aromatic carbocycles. The number of hydrogen-bond donors (Lipinski definition) is 2. The first-order chi connectivity index (χ1) is 13.1. The van der Waals surface area contributed by atoms with E-state index in [0.717, 1.165) is 56.0 Å². The lowest BCUT2D eigenvalue weighted by molar-refractivity contribution is 0.116. The average Bonchev–Trinajstić information content (AvgIpc) is 3.08. The monoisotopic (exact) mass is 372 g/mol. The van der Waals surface area contributed by atoms with E-state index in [4.69, 9.17) is 5.73 Å². The fourth-order valence-electron chi connectivity index (χ4n) is 4.83. The lowest BCUT2D eigenvalue weighted by Crippen LogP contribution is -2.43. The molecule has 4 nitrogen and oxygen atoms in total. The second kappa shape index (κ2) is 9.79. The van der Waals surface area contributed by atoms with Gasteiger partial charge in [-0.3, -0.25) is 0 Å². The highest BCUT2D eigenvalue weighted by Gasteiger charge is 2.26. The van der Waals surface area contributed by atoms with Crippen molar-refractivity contribution in [2.75, 3.05) is 56.4 Å². The maximum absolute atomic E-state index is 5.96. The van der Waals surface area contributed by atoms with E-state index in [-0.39, 0.29) is 0 Å². The fraction of sp³-hybridized carbons (Fsp3) is 0.739. The van der Waals surface area contributed by atoms with Gasteiger partial charge in [-0.05, 0) is 61.3 Å². The Hall–Kier alpha value is -1.26. The maximum atomic E-state index is 5.96. The Kier molecular flexibility index (Phi) is 7.42. The van der Waals surface area contributed by atoms with Crippen LogP contribution in [0.5, 0.6) is 0 Å². The van der Waals surface area contributed by atoms with Crippen LogP contribution in [0, 0.1) is 17.8 Å². The number of anilines is 2. The highest BCUT2D eigenvalue weighted by atomic mass is 15.2. The van der Waals surface area contributed by atoms with Crippen molar-refractivity contribution in [1.82, 2.24) is 10.2 Å². The van der Waals surface area contributed by atoms with Crippen molar-refractivity contribution in [3.8, 4) is 0 Å². The van der Waals surface area contributed by atoms with Crippen molar-refractivity contribution in [1.29, 1.82) is 0 Å². The summed E-state index contributed by atoms with van der Waals surface area (Å²) in [5.41, 5.74) is 9.62. The number of hydrogen-bond acceptors (Lipinski definition) is 4. The molecule has 152 valence electrons. The zero-order valence-electron chi connectivity index (χ0n) is 17.7. The topological polar surface area (TPSA) is 44.5 Å². The molecule has 3 atom stereocenters. The molecule has 2 aliphatic rings. The summed E-state index contributed by atoms with van der Waals surface area (Å²) >= 11 is 0. The molecule has 2 aliphatic heterocycles. The highest BCUT2D eigenvalue weighted by molar-refractivity contribution is 5.64. The van der Waals surface area contributed by atoms with Crippen molar-refractivity contribution in [3.63, 3.8) is 0 Å². The lowest BCUT2D eigenvalue weighted by atomic mass is 9.78. The number of nitrogens with one attached hydrogen (secondary N) is 1. The minimum absolute atomic E-state index is 0.852. The molecule has 0 spiro atoms. The van der Waals surface area contributed by atoms with E-state index < -0.39 is 0 Å². The summed E-state index contributed by atoms with van der Waals surface area (Å²) in [5, 5.41) is 3.67. The van der Waals surface area contributed by atoms with Crippen LogP contribution in [0.25, 0.3) is 0 Å². The summed E-state index contributed by atoms with van der Waals surface area (Å²) in [4.78, 5) is 5.16. The van der Waals surface area contributed by atoms with Crippen LogP contribution in [0.4, 0.5) is 11.4 Å². The number of fused-ring (bicyclic) bond motifs is 1. The van der Waals surface area contributed by atoms with Crippen LogP contribution >= 0.6 is 0 Å². The Bertz CT molecular complexity index is 588. The highest BCUT2D eigenvalue weighted by Crippen LogP contribution is 2.30. The summed E-state index contributed by atoms with van der Waals surface area (Å²) in [7, 11) is 0. The standard InChI is InChI=1S/C23H40N4/c1-4-18(2)19(3)21-6-5-12-26(17-21)14-10-25-11-15-27-13-9-20-7-8-22(24)16-23(20)27/h7-8,16,18-19,21,25H,4-6,9-15,17,24H2,1-3H3. The van der Waals surface area contributed by atoms with Crippen LogP contribution < -0.4 is 16.0 Å². The summed E-state index contributed by atoms with van der Waals surface area (Å²) < 4.78 is 0. The first-order valence-electron chi connectivity index (χ1n) is 11.1. The SMILES string of the molecule is CCC(C)C(C)C1CCCN(CCNCCN2CCc3ccc(N)cc32)C1. The van der Waals surface area contributed by atoms with Crippen LogP contribution in [0.1, 0.15) is 45.6 Å². The molecule has 1 saturated heterocycles. The van der Waals surface area contributed by atoms with Gasteiger partial charge in [-0.1, -0.05) is 33.3 Å². The molecule has 2 heterocycles. The molecule has 1 fully saturated rings. The lowest BCUT2D eigenvalue weighted by Gasteiger charge is -2.37. The fourth-order valence-corrected chi connectivity index (χ4v) is 4.83. The number of benzene rings is 1. The van der Waals surface area contributed by atoms with Gasteiger partial charge in [-0.2, -0.15) is 0 Å². The summed E-state index contributed by atoms with van der Waals surface area (Å²) in [6.45, 7) is 15.3. The van der Waals surface area contributed by atoms with E-state index in [1.165, 1.54) is 50.1 Å². The molecule has 3 N–H and O–H groups in total. The van der Waals surface area contributed by atoms with Gasteiger partial charge in [0.2, 0.25) is 0 Å². The summed E-state index contributed by atoms with van der Waals surface area (Å²) in [6.07, 6.45) is 5.26. The van der Waals surface area contributed by atoms with Crippen molar-refractivity contribution in [3.05, 3.63) is 23.8 Å². The van der Waals surface area contributed by atoms with Crippen LogP contribution in [0.3, 0.4) is 0 Å². The van der Waals surface area contributed by atoms with Crippen LogP contribution in [-0.4, -0.2) is 50.7 Å². The van der Waals surface area contributed by atoms with Gasteiger partial charge in [0.1, 0.15) is 0 Å². The van der Waals surface area contributed by atoms with Crippen molar-refractivity contribution < 1.29 is 0 Å². The van der Waals surface area contributed by atoms with Gasteiger partial charge in [0.15, 0.2) is 0 Å². The van der Waals surface area contributed by atoms with E-state index in [1.54, 1.807) is 0 Å². The van der Waals surface area contributed by atoms with Gasteiger partial charge in [-0.15, -0.1) is 0 Å². The first kappa shape index (κ1) is 20.5. The molecule has 3 unspecified atom stereocenters. The largest absolute Gasteiger partial charge is 0.399 e. The van der Waals surface area contributed by atoms with E-state index in [2.05, 4.69) is 48.0 Å². The maximum Gasteiger partial charge on any atom is 0.0420 e. The van der Waals surface area contributed by atoms with Crippen LogP contribution in [0.15, 0.2) is 18.2 Å². The van der Waals surface area contributed by atoms with Gasteiger partial charge in [-0.25, -0.2) is 0 Å². The number of nitrogen functional groups attached to an aromatic ring is 1. The number of likely N-dealkylation sites (tertiary alicyclic amines) is 1. The molecule has 3 rings (SSSR count). The predicted octanol–water partition coefficient (Wildman–Crippen LogP) is 3.62. The second-order valence-electron chi connectivity index (χ2n) is 8.82. The molecule has 0 radical (unpaired) electrons. The Morgan fingerprint density at radius 2 is 2.00 bits per heavy atom. The molecule has 0 aliphatic carbocycles. The molecule has 27 heavy (non-hydrogen) atoms. The molecule has 1 aromatic rings. The summed E-state index contributed by atoms with van der Waals surface area (Å²) in [6, 6.07) is 6.34. The predicted molar refractivity (Wildman–Crippen MR) is 117 cm³/mol. The quantitative estimate of drug-likeness (QED) is 0.513. The molecule has 0 aromatic heterocycles. The average molecular weight is 373 g/mol. The van der Waals surface area contributed by atoms with Crippen molar-refractivity contribution in [2.45, 2.75) is 46.5 Å². The number of nitrogens with two attached hydrogens (primary N) is 1. The molecule has 0 amide bonds. The van der Waals surface area contributed by atoms with Gasteiger partial charge in [0.25, 0.3) is 0 Å². The number of nitrogens with zero attached hydrogens (tertiary/aromatic N) is 2. The van der Waals surface area contributed by atoms with E-state index in [9.17, 15) is 0 Å². The third-order valence-corrected chi connectivity index (χ3v) is 7.09. The number of rotatable bonds is 9. The molecule has 0 saturated carbocycles. The number of piperidine rings is 1. The normalized spacial score (nSPS) is 22.6. The molecular weight excluding hydrogens is 332 g/mol.